The number of rotatable bonds is 2. The van der Waals surface area contributed by atoms with Crippen molar-refractivity contribution in [1.82, 2.24) is 4.98 Å². The molecule has 17 heavy (non-hydrogen) atoms. The minimum absolute atomic E-state index is 0.0372. The fraction of sp³-hybridized carbons (Fsp3) is 0.273. The van der Waals surface area contributed by atoms with Crippen molar-refractivity contribution in [2.24, 2.45) is 5.73 Å². The SMILES string of the molecule is COc1ccc2c([C@@H](N)C(F)(F)F)c[nH]c2c1. The predicted molar refractivity (Wildman–Crippen MR) is 57.8 cm³/mol. The lowest BCUT2D eigenvalue weighted by atomic mass is 10.1. The minimum Gasteiger partial charge on any atom is -0.497 e. The van der Waals surface area contributed by atoms with E-state index in [0.29, 0.717) is 16.7 Å². The van der Waals surface area contributed by atoms with Crippen LogP contribution in [0.15, 0.2) is 24.4 Å². The fourth-order valence-corrected chi connectivity index (χ4v) is 1.69. The van der Waals surface area contributed by atoms with E-state index >= 15 is 0 Å². The Morgan fingerprint density at radius 2 is 2.06 bits per heavy atom. The van der Waals surface area contributed by atoms with Gasteiger partial charge in [0.15, 0.2) is 0 Å². The first-order valence-corrected chi connectivity index (χ1v) is 4.91. The molecule has 0 fully saturated rings. The molecule has 0 saturated heterocycles. The molecular formula is C11H11F3N2O. The van der Waals surface area contributed by atoms with Crippen molar-refractivity contribution in [2.45, 2.75) is 12.2 Å². The number of methoxy groups -OCH3 is 1. The van der Waals surface area contributed by atoms with E-state index in [4.69, 9.17) is 10.5 Å². The zero-order valence-electron chi connectivity index (χ0n) is 9.01. The summed E-state index contributed by atoms with van der Waals surface area (Å²) in [4.78, 5) is 2.76. The van der Waals surface area contributed by atoms with Gasteiger partial charge in [0, 0.05) is 28.7 Å². The van der Waals surface area contributed by atoms with Gasteiger partial charge in [-0.3, -0.25) is 0 Å². The standard InChI is InChI=1S/C11H11F3N2O/c1-17-6-2-3-7-8(5-16-9(7)4-6)10(15)11(12,13)14/h2-5,10,16H,15H2,1H3/t10-/m1/s1. The Bertz CT molecular complexity index is 533. The van der Waals surface area contributed by atoms with Gasteiger partial charge in [-0.15, -0.1) is 0 Å². The quantitative estimate of drug-likeness (QED) is 0.853. The summed E-state index contributed by atoms with van der Waals surface area (Å²) in [6.45, 7) is 0. The van der Waals surface area contributed by atoms with Crippen LogP contribution in [0.5, 0.6) is 5.75 Å². The molecule has 0 aliphatic heterocycles. The van der Waals surface area contributed by atoms with Gasteiger partial charge in [0.05, 0.1) is 7.11 Å². The number of hydrogen-bond acceptors (Lipinski definition) is 2. The van der Waals surface area contributed by atoms with Crippen molar-refractivity contribution in [1.29, 1.82) is 0 Å². The Balaban J connectivity index is 2.50. The van der Waals surface area contributed by atoms with Gasteiger partial charge in [0.1, 0.15) is 11.8 Å². The molecule has 1 heterocycles. The van der Waals surface area contributed by atoms with E-state index in [0.717, 1.165) is 0 Å². The summed E-state index contributed by atoms with van der Waals surface area (Å²) >= 11 is 0. The molecule has 92 valence electrons. The maximum Gasteiger partial charge on any atom is 0.407 e. The van der Waals surface area contributed by atoms with Crippen molar-refractivity contribution in [3.63, 3.8) is 0 Å². The van der Waals surface area contributed by atoms with Crippen molar-refractivity contribution in [2.75, 3.05) is 7.11 Å². The van der Waals surface area contributed by atoms with Gasteiger partial charge in [0.25, 0.3) is 0 Å². The van der Waals surface area contributed by atoms with Gasteiger partial charge in [-0.25, -0.2) is 0 Å². The number of hydrogen-bond donors (Lipinski definition) is 2. The molecule has 0 unspecified atom stereocenters. The number of aromatic amines is 1. The Morgan fingerprint density at radius 3 is 2.65 bits per heavy atom. The normalized spacial score (nSPS) is 13.9. The van der Waals surface area contributed by atoms with Crippen molar-refractivity contribution in [3.8, 4) is 5.75 Å². The summed E-state index contributed by atoms with van der Waals surface area (Å²) < 4.78 is 42.6. The number of H-pyrrole nitrogens is 1. The average Bonchev–Trinajstić information content (AvgIpc) is 2.69. The number of nitrogens with two attached hydrogens (primary N) is 1. The first kappa shape index (κ1) is 11.8. The maximum atomic E-state index is 12.5. The highest BCUT2D eigenvalue weighted by Crippen LogP contribution is 2.35. The second-order valence-corrected chi connectivity index (χ2v) is 3.67. The van der Waals surface area contributed by atoms with E-state index < -0.39 is 12.2 Å². The van der Waals surface area contributed by atoms with Gasteiger partial charge in [-0.2, -0.15) is 13.2 Å². The molecule has 1 atom stereocenters. The van der Waals surface area contributed by atoms with Crippen LogP contribution < -0.4 is 10.5 Å². The molecule has 1 aromatic heterocycles. The molecule has 2 aromatic rings. The van der Waals surface area contributed by atoms with Crippen LogP contribution in [0.25, 0.3) is 10.9 Å². The lowest BCUT2D eigenvalue weighted by Gasteiger charge is -2.14. The minimum atomic E-state index is -4.45. The second-order valence-electron chi connectivity index (χ2n) is 3.67. The number of ether oxygens (including phenoxy) is 1. The third kappa shape index (κ3) is 2.08. The number of fused-ring (bicyclic) bond motifs is 1. The number of halogens is 3. The molecule has 0 amide bonds. The molecule has 0 spiro atoms. The summed E-state index contributed by atoms with van der Waals surface area (Å²) in [7, 11) is 1.49. The lowest BCUT2D eigenvalue weighted by molar-refractivity contribution is -0.148. The number of alkyl halides is 3. The van der Waals surface area contributed by atoms with Crippen LogP contribution in [-0.2, 0) is 0 Å². The third-order valence-corrected chi connectivity index (χ3v) is 2.61. The molecule has 0 radical (unpaired) electrons. The van der Waals surface area contributed by atoms with Crippen LogP contribution >= 0.6 is 0 Å². The molecule has 3 nitrogen and oxygen atoms in total. The summed E-state index contributed by atoms with van der Waals surface area (Å²) in [5.41, 5.74) is 5.78. The number of benzene rings is 1. The van der Waals surface area contributed by atoms with Crippen LogP contribution in [0.3, 0.4) is 0 Å². The average molecular weight is 244 g/mol. The highest BCUT2D eigenvalue weighted by molar-refractivity contribution is 5.85. The summed E-state index contributed by atoms with van der Waals surface area (Å²) in [6.07, 6.45) is -3.17. The van der Waals surface area contributed by atoms with E-state index in [1.165, 1.54) is 13.3 Å². The van der Waals surface area contributed by atoms with E-state index in [9.17, 15) is 13.2 Å². The van der Waals surface area contributed by atoms with Gasteiger partial charge in [-0.05, 0) is 12.1 Å². The van der Waals surface area contributed by atoms with Crippen molar-refractivity contribution >= 4 is 10.9 Å². The molecule has 0 aliphatic rings. The largest absolute Gasteiger partial charge is 0.497 e. The summed E-state index contributed by atoms with van der Waals surface area (Å²) in [5.74, 6) is 0.575. The summed E-state index contributed by atoms with van der Waals surface area (Å²) in [5, 5.41) is 0.454. The van der Waals surface area contributed by atoms with E-state index in [1.807, 2.05) is 0 Å². The van der Waals surface area contributed by atoms with Crippen LogP contribution in [0, 0.1) is 0 Å². The van der Waals surface area contributed by atoms with E-state index in [-0.39, 0.29) is 5.56 Å². The van der Waals surface area contributed by atoms with Gasteiger partial charge < -0.3 is 15.5 Å². The van der Waals surface area contributed by atoms with Crippen molar-refractivity contribution < 1.29 is 17.9 Å². The Kier molecular flexibility index (Phi) is 2.74. The first-order valence-electron chi connectivity index (χ1n) is 4.91. The van der Waals surface area contributed by atoms with Gasteiger partial charge >= 0.3 is 6.18 Å². The molecule has 3 N–H and O–H groups in total. The highest BCUT2D eigenvalue weighted by Gasteiger charge is 2.39. The lowest BCUT2D eigenvalue weighted by Crippen LogP contribution is -2.28. The first-order chi connectivity index (χ1) is 7.93. The zero-order chi connectivity index (χ0) is 12.6. The third-order valence-electron chi connectivity index (χ3n) is 2.61. The number of aromatic nitrogens is 1. The van der Waals surface area contributed by atoms with Crippen molar-refractivity contribution in [3.05, 3.63) is 30.0 Å². The second kappa shape index (κ2) is 3.96. The van der Waals surface area contributed by atoms with Gasteiger partial charge in [-0.1, -0.05) is 0 Å². The van der Waals surface area contributed by atoms with Crippen LogP contribution in [0.2, 0.25) is 0 Å². The topological polar surface area (TPSA) is 51.0 Å². The van der Waals surface area contributed by atoms with E-state index in [2.05, 4.69) is 4.98 Å². The Hall–Kier alpha value is -1.69. The molecule has 2 rings (SSSR count). The van der Waals surface area contributed by atoms with E-state index in [1.54, 1.807) is 18.2 Å². The molecule has 1 aromatic carbocycles. The predicted octanol–water partition coefficient (Wildman–Crippen LogP) is 2.74. The molecule has 0 saturated carbocycles. The van der Waals surface area contributed by atoms with Gasteiger partial charge in [0.2, 0.25) is 0 Å². The highest BCUT2D eigenvalue weighted by atomic mass is 19.4. The molecular weight excluding hydrogens is 233 g/mol. The molecule has 0 aliphatic carbocycles. The van der Waals surface area contributed by atoms with Crippen LogP contribution in [0.1, 0.15) is 11.6 Å². The Morgan fingerprint density at radius 1 is 1.35 bits per heavy atom. The maximum absolute atomic E-state index is 12.5. The summed E-state index contributed by atoms with van der Waals surface area (Å²) in [6, 6.07) is 2.81. The molecule has 6 heteroatoms. The smallest absolute Gasteiger partial charge is 0.407 e. The fourth-order valence-electron chi connectivity index (χ4n) is 1.69. The Labute approximate surface area is 95.4 Å². The van der Waals surface area contributed by atoms with Crippen LogP contribution in [-0.4, -0.2) is 18.3 Å². The monoisotopic (exact) mass is 244 g/mol. The zero-order valence-corrected chi connectivity index (χ0v) is 9.01. The van der Waals surface area contributed by atoms with Crippen LogP contribution in [0.4, 0.5) is 13.2 Å². The number of nitrogens with one attached hydrogen (secondary N) is 1. The molecule has 0 bridgehead atoms.